The van der Waals surface area contributed by atoms with Crippen LogP contribution in [0.5, 0.6) is 5.75 Å². The van der Waals surface area contributed by atoms with Gasteiger partial charge < -0.3 is 10.1 Å². The van der Waals surface area contributed by atoms with Crippen molar-refractivity contribution in [3.8, 4) is 5.75 Å². The summed E-state index contributed by atoms with van der Waals surface area (Å²) in [4.78, 5) is 10.5. The predicted molar refractivity (Wildman–Crippen MR) is 82.8 cm³/mol. The highest BCUT2D eigenvalue weighted by molar-refractivity contribution is 5.58. The first-order valence-electron chi connectivity index (χ1n) is 6.78. The number of ether oxygens (including phenoxy) is 1. The van der Waals surface area contributed by atoms with Crippen LogP contribution in [0.4, 0.5) is 11.4 Å². The van der Waals surface area contributed by atoms with E-state index in [4.69, 9.17) is 4.74 Å². The molecule has 110 valence electrons. The summed E-state index contributed by atoms with van der Waals surface area (Å²) in [5.74, 6) is 0.262. The van der Waals surface area contributed by atoms with Gasteiger partial charge in [0, 0.05) is 18.3 Å². The molecular formula is C16H18N2O3. The number of benzene rings is 2. The predicted octanol–water partition coefficient (Wildman–Crippen LogP) is 3.78. The first-order chi connectivity index (χ1) is 10.1. The molecule has 0 heterocycles. The topological polar surface area (TPSA) is 64.4 Å². The minimum atomic E-state index is -0.444. The van der Waals surface area contributed by atoms with Crippen molar-refractivity contribution in [3.63, 3.8) is 0 Å². The summed E-state index contributed by atoms with van der Waals surface area (Å²) < 4.78 is 4.98. The summed E-state index contributed by atoms with van der Waals surface area (Å²) in [7, 11) is 1.42. The quantitative estimate of drug-likeness (QED) is 0.648. The molecule has 0 atom stereocenters. The Labute approximate surface area is 123 Å². The molecule has 5 heteroatoms. The molecule has 0 saturated heterocycles. The van der Waals surface area contributed by atoms with Crippen LogP contribution < -0.4 is 10.1 Å². The van der Waals surface area contributed by atoms with Crippen LogP contribution in [0.25, 0.3) is 0 Å². The molecule has 0 aliphatic rings. The summed E-state index contributed by atoms with van der Waals surface area (Å²) >= 11 is 0. The maximum absolute atomic E-state index is 11.0. The van der Waals surface area contributed by atoms with E-state index in [1.165, 1.54) is 18.7 Å². The molecule has 0 saturated carbocycles. The smallest absolute Gasteiger partial charge is 0.312 e. The Kier molecular flexibility index (Phi) is 4.77. The van der Waals surface area contributed by atoms with Gasteiger partial charge in [0.25, 0.3) is 0 Å². The molecule has 21 heavy (non-hydrogen) atoms. The molecule has 0 spiro atoms. The fraction of sp³-hybridized carbons (Fsp3) is 0.250. The first-order valence-corrected chi connectivity index (χ1v) is 6.78. The average Bonchev–Trinajstić information content (AvgIpc) is 2.53. The molecule has 0 aliphatic carbocycles. The number of nitro groups is 1. The Morgan fingerprint density at radius 2 is 1.81 bits per heavy atom. The van der Waals surface area contributed by atoms with E-state index < -0.39 is 4.92 Å². The number of methoxy groups -OCH3 is 1. The van der Waals surface area contributed by atoms with Gasteiger partial charge in [-0.05, 0) is 29.7 Å². The van der Waals surface area contributed by atoms with Crippen molar-refractivity contribution in [1.29, 1.82) is 0 Å². The second kappa shape index (κ2) is 6.74. The van der Waals surface area contributed by atoms with E-state index in [9.17, 15) is 10.1 Å². The lowest BCUT2D eigenvalue weighted by atomic mass is 10.1. The Morgan fingerprint density at radius 1 is 1.14 bits per heavy atom. The monoisotopic (exact) mass is 286 g/mol. The van der Waals surface area contributed by atoms with Gasteiger partial charge in [-0.15, -0.1) is 0 Å². The number of nitro benzene ring substituents is 1. The van der Waals surface area contributed by atoms with Gasteiger partial charge in [0.05, 0.1) is 12.0 Å². The second-order valence-corrected chi connectivity index (χ2v) is 4.67. The third kappa shape index (κ3) is 3.72. The standard InChI is InChI=1S/C16H18N2O3/c1-3-12-4-6-13(7-5-12)11-17-14-8-9-16(21-2)15(10-14)18(19)20/h4-10,17H,3,11H2,1-2H3. The van der Waals surface area contributed by atoms with Crippen LogP contribution in [0.15, 0.2) is 42.5 Å². The Balaban J connectivity index is 2.08. The number of nitrogens with zero attached hydrogens (tertiary/aromatic N) is 1. The van der Waals surface area contributed by atoms with Crippen LogP contribution in [0.2, 0.25) is 0 Å². The van der Waals surface area contributed by atoms with Crippen molar-refractivity contribution in [1.82, 2.24) is 0 Å². The number of hydrogen-bond donors (Lipinski definition) is 1. The Hall–Kier alpha value is -2.56. The van der Waals surface area contributed by atoms with Gasteiger partial charge in [0.2, 0.25) is 0 Å². The molecule has 0 aliphatic heterocycles. The zero-order valence-electron chi connectivity index (χ0n) is 12.1. The van der Waals surface area contributed by atoms with Gasteiger partial charge in [-0.25, -0.2) is 0 Å². The highest BCUT2D eigenvalue weighted by Crippen LogP contribution is 2.29. The van der Waals surface area contributed by atoms with Crippen LogP contribution in [0.3, 0.4) is 0 Å². The average molecular weight is 286 g/mol. The second-order valence-electron chi connectivity index (χ2n) is 4.67. The zero-order chi connectivity index (χ0) is 15.2. The lowest BCUT2D eigenvalue weighted by Gasteiger charge is -2.08. The minimum Gasteiger partial charge on any atom is -0.490 e. The molecule has 0 radical (unpaired) electrons. The molecule has 1 N–H and O–H groups in total. The van der Waals surface area contributed by atoms with Gasteiger partial charge in [0.1, 0.15) is 0 Å². The molecule has 0 amide bonds. The Bertz CT molecular complexity index is 624. The molecule has 0 aromatic heterocycles. The highest BCUT2D eigenvalue weighted by atomic mass is 16.6. The summed E-state index contributed by atoms with van der Waals surface area (Å²) in [6.45, 7) is 2.73. The van der Waals surface area contributed by atoms with Crippen LogP contribution >= 0.6 is 0 Å². The van der Waals surface area contributed by atoms with Crippen molar-refractivity contribution >= 4 is 11.4 Å². The highest BCUT2D eigenvalue weighted by Gasteiger charge is 2.14. The normalized spacial score (nSPS) is 10.2. The van der Waals surface area contributed by atoms with Crippen molar-refractivity contribution in [3.05, 3.63) is 63.7 Å². The lowest BCUT2D eigenvalue weighted by molar-refractivity contribution is -0.385. The third-order valence-electron chi connectivity index (χ3n) is 3.30. The molecule has 2 aromatic rings. The molecular weight excluding hydrogens is 268 g/mol. The van der Waals surface area contributed by atoms with Crippen molar-refractivity contribution < 1.29 is 9.66 Å². The summed E-state index contributed by atoms with van der Waals surface area (Å²) in [6, 6.07) is 13.2. The maximum atomic E-state index is 11.0. The van der Waals surface area contributed by atoms with E-state index in [0.717, 1.165) is 12.0 Å². The fourth-order valence-corrected chi connectivity index (χ4v) is 2.04. The van der Waals surface area contributed by atoms with Crippen LogP contribution in [-0.2, 0) is 13.0 Å². The molecule has 0 bridgehead atoms. The largest absolute Gasteiger partial charge is 0.490 e. The van der Waals surface area contributed by atoms with Crippen LogP contribution in [-0.4, -0.2) is 12.0 Å². The van der Waals surface area contributed by atoms with Gasteiger partial charge in [-0.1, -0.05) is 31.2 Å². The molecule has 0 unspecified atom stereocenters. The number of hydrogen-bond acceptors (Lipinski definition) is 4. The van der Waals surface area contributed by atoms with Crippen molar-refractivity contribution in [2.75, 3.05) is 12.4 Å². The molecule has 5 nitrogen and oxygen atoms in total. The molecule has 0 fully saturated rings. The summed E-state index contributed by atoms with van der Waals surface area (Å²) in [5.41, 5.74) is 3.08. The maximum Gasteiger partial charge on any atom is 0.312 e. The fourth-order valence-electron chi connectivity index (χ4n) is 2.04. The van der Waals surface area contributed by atoms with Crippen molar-refractivity contribution in [2.45, 2.75) is 19.9 Å². The van der Waals surface area contributed by atoms with Crippen molar-refractivity contribution in [2.24, 2.45) is 0 Å². The summed E-state index contributed by atoms with van der Waals surface area (Å²) in [5, 5.41) is 14.2. The Morgan fingerprint density at radius 3 is 2.38 bits per heavy atom. The van der Waals surface area contributed by atoms with Crippen LogP contribution in [0, 0.1) is 10.1 Å². The first kappa shape index (κ1) is 14.8. The zero-order valence-corrected chi connectivity index (χ0v) is 12.1. The lowest BCUT2D eigenvalue weighted by Crippen LogP contribution is -2.01. The molecule has 2 aromatic carbocycles. The van der Waals surface area contributed by atoms with Gasteiger partial charge in [-0.3, -0.25) is 10.1 Å². The number of nitrogens with one attached hydrogen (secondary N) is 1. The SMILES string of the molecule is CCc1ccc(CNc2ccc(OC)c([N+](=O)[O-])c2)cc1. The van der Waals surface area contributed by atoms with E-state index in [1.807, 2.05) is 0 Å². The summed E-state index contributed by atoms with van der Waals surface area (Å²) in [6.07, 6.45) is 1.01. The van der Waals surface area contributed by atoms with Gasteiger partial charge in [0.15, 0.2) is 5.75 Å². The number of aryl methyl sites for hydroxylation is 1. The number of rotatable bonds is 6. The van der Waals surface area contributed by atoms with Crippen LogP contribution in [0.1, 0.15) is 18.1 Å². The third-order valence-corrected chi connectivity index (χ3v) is 3.30. The van der Waals surface area contributed by atoms with E-state index in [1.54, 1.807) is 12.1 Å². The minimum absolute atomic E-state index is 0.0381. The van der Waals surface area contributed by atoms with E-state index in [-0.39, 0.29) is 11.4 Å². The van der Waals surface area contributed by atoms with E-state index in [2.05, 4.69) is 36.5 Å². The molecule has 2 rings (SSSR count). The van der Waals surface area contributed by atoms with E-state index in [0.29, 0.717) is 12.2 Å². The van der Waals surface area contributed by atoms with Gasteiger partial charge >= 0.3 is 5.69 Å². The number of anilines is 1. The van der Waals surface area contributed by atoms with Gasteiger partial charge in [-0.2, -0.15) is 0 Å². The van der Waals surface area contributed by atoms with E-state index >= 15 is 0 Å².